The zero-order chi connectivity index (χ0) is 14.3. The Kier molecular flexibility index (Phi) is 4.05. The van der Waals surface area contributed by atoms with Crippen LogP contribution in [0, 0.1) is 10.5 Å². The first-order valence-electron chi connectivity index (χ1n) is 5.85. The first-order chi connectivity index (χ1) is 9.56. The van der Waals surface area contributed by atoms with Gasteiger partial charge in [-0.05, 0) is 57.6 Å². The van der Waals surface area contributed by atoms with Crippen molar-refractivity contribution < 1.29 is 9.47 Å². The van der Waals surface area contributed by atoms with E-state index in [1.54, 1.807) is 0 Å². The van der Waals surface area contributed by atoms with Crippen LogP contribution in [0.1, 0.15) is 5.69 Å². The van der Waals surface area contributed by atoms with E-state index in [0.717, 1.165) is 19.3 Å². The molecule has 0 aliphatic carbocycles. The first kappa shape index (κ1) is 14.3. The van der Waals surface area contributed by atoms with Crippen molar-refractivity contribution in [1.82, 2.24) is 9.97 Å². The Morgan fingerprint density at radius 1 is 1.25 bits per heavy atom. The first-order valence-corrected chi connectivity index (χ1v) is 8.10. The van der Waals surface area contributed by atoms with Gasteiger partial charge in [0.25, 0.3) is 0 Å². The van der Waals surface area contributed by atoms with E-state index in [1.807, 2.05) is 19.1 Å². The molecule has 7 heteroatoms. The van der Waals surface area contributed by atoms with Gasteiger partial charge in [0.15, 0.2) is 17.3 Å². The van der Waals surface area contributed by atoms with Crippen LogP contribution in [0.4, 0.5) is 0 Å². The molecule has 0 N–H and O–H groups in total. The molecule has 1 aromatic carbocycles. The topological polar surface area (TPSA) is 44.2 Å². The maximum absolute atomic E-state index is 6.13. The normalized spacial score (nSPS) is 13.4. The van der Waals surface area contributed by atoms with Crippen LogP contribution in [0.2, 0.25) is 5.15 Å². The third-order valence-electron chi connectivity index (χ3n) is 2.83. The second kappa shape index (κ2) is 5.65. The number of halogens is 3. The highest BCUT2D eigenvalue weighted by molar-refractivity contribution is 14.1. The summed E-state index contributed by atoms with van der Waals surface area (Å²) < 4.78 is 12.9. The number of nitrogens with zero attached hydrogens (tertiary/aromatic N) is 2. The van der Waals surface area contributed by atoms with Gasteiger partial charge in [-0.25, -0.2) is 9.97 Å². The number of rotatable bonds is 1. The Bertz CT molecular complexity index is 673. The van der Waals surface area contributed by atoms with Crippen molar-refractivity contribution in [1.29, 1.82) is 0 Å². The Labute approximate surface area is 143 Å². The van der Waals surface area contributed by atoms with Gasteiger partial charge in [0.1, 0.15) is 18.4 Å². The van der Waals surface area contributed by atoms with Crippen molar-refractivity contribution in [3.8, 4) is 22.9 Å². The van der Waals surface area contributed by atoms with E-state index < -0.39 is 0 Å². The van der Waals surface area contributed by atoms with Crippen LogP contribution in [-0.2, 0) is 0 Å². The number of aryl methyl sites for hydroxylation is 1. The Balaban J connectivity index is 2.13. The molecule has 2 aromatic rings. The molecule has 0 fully saturated rings. The fourth-order valence-corrected chi connectivity index (χ4v) is 2.91. The van der Waals surface area contributed by atoms with Crippen molar-refractivity contribution in [2.75, 3.05) is 13.2 Å². The number of fused-ring (bicyclic) bond motifs is 1. The van der Waals surface area contributed by atoms with E-state index in [1.165, 1.54) is 0 Å². The highest BCUT2D eigenvalue weighted by Gasteiger charge is 2.18. The summed E-state index contributed by atoms with van der Waals surface area (Å²) in [5.41, 5.74) is 1.69. The maximum atomic E-state index is 6.13. The minimum atomic E-state index is 0.458. The van der Waals surface area contributed by atoms with Gasteiger partial charge in [-0.2, -0.15) is 0 Å². The van der Waals surface area contributed by atoms with Gasteiger partial charge in [-0.3, -0.25) is 0 Å². The number of ether oxygens (including phenoxy) is 2. The van der Waals surface area contributed by atoms with Crippen molar-refractivity contribution in [3.05, 3.63) is 31.0 Å². The molecule has 3 rings (SSSR count). The molecule has 20 heavy (non-hydrogen) atoms. The molecule has 1 aliphatic heterocycles. The summed E-state index contributed by atoms with van der Waals surface area (Å²) >= 11 is 11.7. The third-order valence-corrected chi connectivity index (χ3v) is 5.30. The average molecular weight is 467 g/mol. The van der Waals surface area contributed by atoms with E-state index in [9.17, 15) is 0 Å². The Hall–Kier alpha value is -0.600. The summed E-state index contributed by atoms with van der Waals surface area (Å²) in [6.07, 6.45) is 0. The summed E-state index contributed by atoms with van der Waals surface area (Å²) in [5.74, 6) is 1.98. The summed E-state index contributed by atoms with van der Waals surface area (Å²) in [6, 6.07) is 3.78. The molecule has 0 saturated heterocycles. The molecule has 4 nitrogen and oxygen atoms in total. The molecule has 1 aliphatic rings. The van der Waals surface area contributed by atoms with Gasteiger partial charge in [-0.15, -0.1) is 0 Å². The monoisotopic (exact) mass is 466 g/mol. The molecule has 1 aromatic heterocycles. The molecule has 0 amide bonds. The van der Waals surface area contributed by atoms with Gasteiger partial charge >= 0.3 is 0 Å². The fraction of sp³-hybridized carbons (Fsp3) is 0.231. The van der Waals surface area contributed by atoms with Gasteiger partial charge in [0, 0.05) is 5.56 Å². The average Bonchev–Trinajstić information content (AvgIpc) is 2.44. The molecule has 0 spiro atoms. The third kappa shape index (κ3) is 2.60. The quantitative estimate of drug-likeness (QED) is 0.465. The van der Waals surface area contributed by atoms with Crippen molar-refractivity contribution in [3.63, 3.8) is 0 Å². The molecule has 0 saturated carbocycles. The van der Waals surface area contributed by atoms with Crippen molar-refractivity contribution in [2.24, 2.45) is 0 Å². The smallest absolute Gasteiger partial charge is 0.175 e. The zero-order valence-corrected chi connectivity index (χ0v) is 14.9. The lowest BCUT2D eigenvalue weighted by atomic mass is 10.1. The van der Waals surface area contributed by atoms with Gasteiger partial charge in [0.05, 0.1) is 13.7 Å². The summed E-state index contributed by atoms with van der Waals surface area (Å²) in [4.78, 5) is 8.80. The number of hydrogen-bond donors (Lipinski definition) is 0. The van der Waals surface area contributed by atoms with Crippen LogP contribution in [0.5, 0.6) is 11.5 Å². The number of hydrogen-bond acceptors (Lipinski definition) is 4. The number of benzene rings is 1. The fourth-order valence-electron chi connectivity index (χ4n) is 1.89. The van der Waals surface area contributed by atoms with Crippen LogP contribution in [0.15, 0.2) is 16.6 Å². The molecular formula is C13H9BrClIN2O2. The molecule has 0 radical (unpaired) electrons. The second-order valence-corrected chi connectivity index (χ2v) is 6.51. The van der Waals surface area contributed by atoms with Crippen LogP contribution >= 0.6 is 50.1 Å². The van der Waals surface area contributed by atoms with Gasteiger partial charge < -0.3 is 9.47 Å². The van der Waals surface area contributed by atoms with Crippen LogP contribution in [0.3, 0.4) is 0 Å². The predicted molar refractivity (Wildman–Crippen MR) is 88.6 cm³/mol. The second-order valence-electron chi connectivity index (χ2n) is 4.22. The summed E-state index contributed by atoms with van der Waals surface area (Å²) in [6.45, 7) is 3.00. The van der Waals surface area contributed by atoms with Gasteiger partial charge in [0.2, 0.25) is 0 Å². The van der Waals surface area contributed by atoms with E-state index in [0.29, 0.717) is 35.7 Å². The minimum Gasteiger partial charge on any atom is -0.486 e. The SMILES string of the molecule is Cc1nc(-c2cc(Br)c3c(c2)OCCO3)nc(Cl)c1I. The van der Waals surface area contributed by atoms with E-state index in [-0.39, 0.29) is 0 Å². The molecule has 0 bridgehead atoms. The largest absolute Gasteiger partial charge is 0.486 e. The molecule has 0 atom stereocenters. The lowest BCUT2D eigenvalue weighted by Gasteiger charge is -2.20. The molecule has 2 heterocycles. The van der Waals surface area contributed by atoms with Crippen LogP contribution < -0.4 is 9.47 Å². The minimum absolute atomic E-state index is 0.458. The predicted octanol–water partition coefficient (Wildman–Crippen LogP) is 4.24. The number of aromatic nitrogens is 2. The van der Waals surface area contributed by atoms with Crippen molar-refractivity contribution in [2.45, 2.75) is 6.92 Å². The van der Waals surface area contributed by atoms with Crippen LogP contribution in [-0.4, -0.2) is 23.2 Å². The Morgan fingerprint density at radius 2 is 2.00 bits per heavy atom. The summed E-state index contributed by atoms with van der Waals surface area (Å²) in [7, 11) is 0. The summed E-state index contributed by atoms with van der Waals surface area (Å²) in [5, 5.41) is 0.458. The maximum Gasteiger partial charge on any atom is 0.175 e. The Morgan fingerprint density at radius 3 is 2.75 bits per heavy atom. The highest BCUT2D eigenvalue weighted by Crippen LogP contribution is 2.40. The standard InChI is InChI=1S/C13H9BrClIN2O2/c1-6-10(16)12(15)18-13(17-6)7-4-8(14)11-9(5-7)19-2-3-20-11/h4-5H,2-3H2,1H3. The molecule has 104 valence electrons. The van der Waals surface area contributed by atoms with Gasteiger partial charge in [-0.1, -0.05) is 11.6 Å². The van der Waals surface area contributed by atoms with E-state index >= 15 is 0 Å². The molecular weight excluding hydrogens is 458 g/mol. The zero-order valence-electron chi connectivity index (χ0n) is 10.4. The lowest BCUT2D eigenvalue weighted by Crippen LogP contribution is -2.15. The highest BCUT2D eigenvalue weighted by atomic mass is 127. The van der Waals surface area contributed by atoms with E-state index in [4.69, 9.17) is 21.1 Å². The van der Waals surface area contributed by atoms with Crippen LogP contribution in [0.25, 0.3) is 11.4 Å². The van der Waals surface area contributed by atoms with Crippen molar-refractivity contribution >= 4 is 50.1 Å². The lowest BCUT2D eigenvalue weighted by molar-refractivity contribution is 0.170. The van der Waals surface area contributed by atoms with E-state index in [2.05, 4.69) is 48.5 Å². The molecule has 0 unspecified atom stereocenters.